The van der Waals surface area contributed by atoms with Gasteiger partial charge in [-0.05, 0) is 31.2 Å². The van der Waals surface area contributed by atoms with Crippen LogP contribution in [0.5, 0.6) is 5.75 Å². The van der Waals surface area contributed by atoms with Gasteiger partial charge in [-0.2, -0.15) is 0 Å². The number of aryl methyl sites for hydroxylation is 1. The van der Waals surface area contributed by atoms with Crippen molar-refractivity contribution in [3.05, 3.63) is 72.1 Å². The lowest BCUT2D eigenvalue weighted by molar-refractivity contribution is -0.127. The summed E-state index contributed by atoms with van der Waals surface area (Å²) in [7, 11) is 0. The van der Waals surface area contributed by atoms with Gasteiger partial charge >= 0.3 is 0 Å². The highest BCUT2D eigenvalue weighted by atomic mass is 16.5. The fourth-order valence-electron chi connectivity index (χ4n) is 2.54. The van der Waals surface area contributed by atoms with Gasteiger partial charge in [0.15, 0.2) is 6.61 Å². The van der Waals surface area contributed by atoms with Gasteiger partial charge in [0.2, 0.25) is 11.8 Å². The molecule has 0 radical (unpaired) electrons. The van der Waals surface area contributed by atoms with E-state index >= 15 is 0 Å². The molecule has 0 aliphatic heterocycles. The van der Waals surface area contributed by atoms with Crippen LogP contribution in [0, 0.1) is 6.92 Å². The number of oxazole rings is 1. The van der Waals surface area contributed by atoms with E-state index in [1.54, 1.807) is 18.4 Å². The van der Waals surface area contributed by atoms with Crippen molar-refractivity contribution < 1.29 is 18.7 Å². The quantitative estimate of drug-likeness (QED) is 0.583. The van der Waals surface area contributed by atoms with Crippen molar-refractivity contribution in [3.8, 4) is 17.2 Å². The van der Waals surface area contributed by atoms with E-state index in [4.69, 9.17) is 9.15 Å². The Morgan fingerprint density at radius 3 is 2.52 bits per heavy atom. The third-order valence-corrected chi connectivity index (χ3v) is 4.11. The molecular weight excluding hydrogens is 370 g/mol. The molecule has 29 heavy (non-hydrogen) atoms. The third-order valence-electron chi connectivity index (χ3n) is 4.11. The van der Waals surface area contributed by atoms with Crippen LogP contribution >= 0.6 is 0 Å². The molecule has 0 spiro atoms. The van der Waals surface area contributed by atoms with Crippen LogP contribution < -0.4 is 15.4 Å². The lowest BCUT2D eigenvalue weighted by atomic mass is 10.1. The van der Waals surface area contributed by atoms with Crippen LogP contribution in [0.15, 0.2) is 65.3 Å². The smallest absolute Gasteiger partial charge is 0.258 e. The maximum absolute atomic E-state index is 11.9. The second-order valence-corrected chi connectivity index (χ2v) is 6.49. The number of para-hydroxylation sites is 1. The van der Waals surface area contributed by atoms with Gasteiger partial charge < -0.3 is 19.8 Å². The first-order valence-corrected chi connectivity index (χ1v) is 9.33. The van der Waals surface area contributed by atoms with E-state index in [-0.39, 0.29) is 25.0 Å². The van der Waals surface area contributed by atoms with Crippen LogP contribution in [-0.2, 0) is 16.0 Å². The summed E-state index contributed by atoms with van der Waals surface area (Å²) >= 11 is 0. The van der Waals surface area contributed by atoms with Crippen molar-refractivity contribution in [1.82, 2.24) is 15.6 Å². The Morgan fingerprint density at radius 1 is 1.00 bits per heavy atom. The predicted molar refractivity (Wildman–Crippen MR) is 108 cm³/mol. The number of nitrogens with one attached hydrogen (secondary N) is 2. The van der Waals surface area contributed by atoms with E-state index in [9.17, 15) is 9.59 Å². The summed E-state index contributed by atoms with van der Waals surface area (Å²) in [6, 6.07) is 16.9. The van der Waals surface area contributed by atoms with Crippen molar-refractivity contribution in [3.63, 3.8) is 0 Å². The molecule has 2 aromatic carbocycles. The number of aromatic nitrogens is 1. The highest BCUT2D eigenvalue weighted by Gasteiger charge is 2.09. The summed E-state index contributed by atoms with van der Waals surface area (Å²) in [6.07, 6.45) is 2.12. The molecule has 0 bridgehead atoms. The largest absolute Gasteiger partial charge is 0.484 e. The number of hydrogen-bond donors (Lipinski definition) is 2. The molecule has 2 N–H and O–H groups in total. The Balaban J connectivity index is 1.33. The summed E-state index contributed by atoms with van der Waals surface area (Å²) in [5.41, 5.74) is 2.83. The SMILES string of the molecule is Cc1ccc(-c2nc(CCNC(=O)CNC(=O)COc3ccccc3)co2)cc1. The van der Waals surface area contributed by atoms with Gasteiger partial charge in [-0.15, -0.1) is 0 Å². The Labute approximate surface area is 169 Å². The minimum absolute atomic E-state index is 0.107. The van der Waals surface area contributed by atoms with E-state index in [2.05, 4.69) is 15.6 Å². The van der Waals surface area contributed by atoms with Crippen molar-refractivity contribution >= 4 is 11.8 Å². The molecule has 150 valence electrons. The molecule has 1 heterocycles. The fourth-order valence-corrected chi connectivity index (χ4v) is 2.54. The molecular formula is C22H23N3O4. The Kier molecular flexibility index (Phi) is 7.00. The zero-order valence-electron chi connectivity index (χ0n) is 16.2. The highest BCUT2D eigenvalue weighted by molar-refractivity contribution is 5.85. The molecule has 7 heteroatoms. The number of amides is 2. The number of nitrogens with zero attached hydrogens (tertiary/aromatic N) is 1. The van der Waals surface area contributed by atoms with Gasteiger partial charge in [0.1, 0.15) is 12.0 Å². The van der Waals surface area contributed by atoms with Gasteiger partial charge in [-0.25, -0.2) is 4.98 Å². The first-order valence-electron chi connectivity index (χ1n) is 9.33. The molecule has 0 unspecified atom stereocenters. The minimum Gasteiger partial charge on any atom is -0.484 e. The van der Waals surface area contributed by atoms with Gasteiger partial charge in [-0.1, -0.05) is 35.9 Å². The summed E-state index contributed by atoms with van der Waals surface area (Å²) in [5.74, 6) is 0.519. The van der Waals surface area contributed by atoms with Crippen LogP contribution in [0.4, 0.5) is 0 Å². The number of hydrogen-bond acceptors (Lipinski definition) is 5. The average Bonchev–Trinajstić information content (AvgIpc) is 3.21. The standard InChI is InChI=1S/C22H23N3O4/c1-16-7-9-17(10-8-16)22-25-18(14-29-22)11-12-23-20(26)13-24-21(27)15-28-19-5-3-2-4-6-19/h2-10,14H,11-13,15H2,1H3,(H,23,26)(H,24,27). The maximum atomic E-state index is 11.9. The molecule has 0 saturated heterocycles. The number of carbonyl (C=O) groups is 2. The lowest BCUT2D eigenvalue weighted by Gasteiger charge is -2.07. The Bertz CT molecular complexity index is 936. The summed E-state index contributed by atoms with van der Waals surface area (Å²) in [4.78, 5) is 28.0. The first-order chi connectivity index (χ1) is 14.1. The Morgan fingerprint density at radius 2 is 1.76 bits per heavy atom. The van der Waals surface area contributed by atoms with Gasteiger partial charge in [0.25, 0.3) is 5.91 Å². The molecule has 1 aromatic heterocycles. The lowest BCUT2D eigenvalue weighted by Crippen LogP contribution is -2.39. The van der Waals surface area contributed by atoms with E-state index in [0.717, 1.165) is 11.3 Å². The minimum atomic E-state index is -0.358. The summed E-state index contributed by atoms with van der Waals surface area (Å²) < 4.78 is 10.8. The van der Waals surface area contributed by atoms with Gasteiger partial charge in [0, 0.05) is 18.5 Å². The zero-order chi connectivity index (χ0) is 20.5. The molecule has 7 nitrogen and oxygen atoms in total. The number of carbonyl (C=O) groups excluding carboxylic acids is 2. The zero-order valence-corrected chi connectivity index (χ0v) is 16.2. The summed E-state index contributed by atoms with van der Waals surface area (Å²) in [5, 5.41) is 5.26. The predicted octanol–water partition coefficient (Wildman–Crippen LogP) is 2.50. The third kappa shape index (κ3) is 6.49. The van der Waals surface area contributed by atoms with Crippen molar-refractivity contribution in [2.45, 2.75) is 13.3 Å². The van der Waals surface area contributed by atoms with Crippen LogP contribution in [0.1, 0.15) is 11.3 Å². The molecule has 0 saturated carbocycles. The van der Waals surface area contributed by atoms with Crippen LogP contribution in [-0.4, -0.2) is 36.5 Å². The van der Waals surface area contributed by atoms with Crippen molar-refractivity contribution in [2.24, 2.45) is 0 Å². The molecule has 0 aliphatic rings. The van der Waals surface area contributed by atoms with Gasteiger partial charge in [0.05, 0.1) is 12.2 Å². The van der Waals surface area contributed by atoms with E-state index in [1.807, 2.05) is 49.4 Å². The van der Waals surface area contributed by atoms with Crippen molar-refractivity contribution in [1.29, 1.82) is 0 Å². The second kappa shape index (κ2) is 10.1. The molecule has 0 fully saturated rings. The first kappa shape index (κ1) is 20.1. The number of ether oxygens (including phenoxy) is 1. The average molecular weight is 393 g/mol. The van der Waals surface area contributed by atoms with Crippen LogP contribution in [0.3, 0.4) is 0 Å². The monoisotopic (exact) mass is 393 g/mol. The molecule has 3 rings (SSSR count). The second-order valence-electron chi connectivity index (χ2n) is 6.49. The molecule has 0 atom stereocenters. The van der Waals surface area contributed by atoms with Gasteiger partial charge in [-0.3, -0.25) is 9.59 Å². The fraction of sp³-hybridized carbons (Fsp3) is 0.227. The summed E-state index contributed by atoms with van der Waals surface area (Å²) in [6.45, 7) is 2.17. The van der Waals surface area contributed by atoms with Crippen molar-refractivity contribution in [2.75, 3.05) is 19.7 Å². The van der Waals surface area contributed by atoms with E-state index in [0.29, 0.717) is 24.6 Å². The topological polar surface area (TPSA) is 93.5 Å². The normalized spacial score (nSPS) is 10.4. The molecule has 3 aromatic rings. The van der Waals surface area contributed by atoms with E-state index in [1.165, 1.54) is 5.56 Å². The highest BCUT2D eigenvalue weighted by Crippen LogP contribution is 2.19. The maximum Gasteiger partial charge on any atom is 0.258 e. The van der Waals surface area contributed by atoms with E-state index < -0.39 is 0 Å². The molecule has 0 aliphatic carbocycles. The molecule has 2 amide bonds. The van der Waals surface area contributed by atoms with Crippen LogP contribution in [0.2, 0.25) is 0 Å². The van der Waals surface area contributed by atoms with Crippen LogP contribution in [0.25, 0.3) is 11.5 Å². The number of benzene rings is 2. The Hall–Kier alpha value is -3.61. The number of rotatable bonds is 9.